The summed E-state index contributed by atoms with van der Waals surface area (Å²) < 4.78 is 5.05. The molecule has 0 aliphatic carbocycles. The van der Waals surface area contributed by atoms with Crippen LogP contribution in [0.25, 0.3) is 0 Å². The van der Waals surface area contributed by atoms with Crippen molar-refractivity contribution in [3.63, 3.8) is 0 Å². The van der Waals surface area contributed by atoms with Gasteiger partial charge in [-0.25, -0.2) is 4.79 Å². The van der Waals surface area contributed by atoms with Crippen molar-refractivity contribution in [3.05, 3.63) is 89.3 Å². The number of hydrogen-bond donors (Lipinski definition) is 2. The van der Waals surface area contributed by atoms with E-state index in [0.717, 1.165) is 29.5 Å². The number of thiophene rings is 1. The average Bonchev–Trinajstić information content (AvgIpc) is 3.16. The number of nitro groups is 2. The molecule has 0 atom stereocenters. The van der Waals surface area contributed by atoms with E-state index in [0.29, 0.717) is 10.7 Å². The first kappa shape index (κ1) is 26.2. The summed E-state index contributed by atoms with van der Waals surface area (Å²) >= 11 is 6.63. The number of non-ortho nitro benzene ring substituents is 2. The number of halogens is 1. The second-order valence-electron chi connectivity index (χ2n) is 7.15. The van der Waals surface area contributed by atoms with Gasteiger partial charge in [0.15, 0.2) is 0 Å². The first-order valence-electron chi connectivity index (χ1n) is 10.1. The Bertz CT molecular complexity index is 1360. The maximum Gasteiger partial charge on any atom is 0.341 e. The number of nitrogens with one attached hydrogen (secondary N) is 2. The molecule has 0 radical (unpaired) electrons. The SMILES string of the molecule is CCOC(=O)c1c(NC(=O)c2cc([N+](=O)[O-])cc([N+](=O)[O-])c2)sc(C(=O)Nc2ccc(Cl)cc2)c1C. The van der Waals surface area contributed by atoms with Crippen LogP contribution in [0.15, 0.2) is 42.5 Å². The van der Waals surface area contributed by atoms with Crippen LogP contribution in [-0.2, 0) is 4.74 Å². The smallest absolute Gasteiger partial charge is 0.341 e. The van der Waals surface area contributed by atoms with E-state index in [9.17, 15) is 34.6 Å². The highest BCUT2D eigenvalue weighted by Crippen LogP contribution is 2.35. The Balaban J connectivity index is 2.00. The Morgan fingerprint density at radius 2 is 1.56 bits per heavy atom. The number of esters is 1. The van der Waals surface area contributed by atoms with Crippen molar-refractivity contribution in [2.75, 3.05) is 17.2 Å². The van der Waals surface area contributed by atoms with Gasteiger partial charge in [0.05, 0.1) is 38.5 Å². The Morgan fingerprint density at radius 1 is 0.972 bits per heavy atom. The minimum Gasteiger partial charge on any atom is -0.462 e. The molecule has 3 rings (SSSR count). The Morgan fingerprint density at radius 3 is 2.08 bits per heavy atom. The molecule has 0 saturated carbocycles. The molecule has 1 heterocycles. The van der Waals surface area contributed by atoms with Gasteiger partial charge >= 0.3 is 5.97 Å². The summed E-state index contributed by atoms with van der Waals surface area (Å²) in [6.45, 7) is 3.09. The number of amides is 2. The van der Waals surface area contributed by atoms with Crippen LogP contribution in [0, 0.1) is 27.2 Å². The predicted octanol–water partition coefficient (Wildman–Crippen LogP) is 5.21. The molecule has 0 fully saturated rings. The van der Waals surface area contributed by atoms with Crippen molar-refractivity contribution in [2.24, 2.45) is 0 Å². The highest BCUT2D eigenvalue weighted by molar-refractivity contribution is 7.19. The maximum absolute atomic E-state index is 12.9. The van der Waals surface area contributed by atoms with Gasteiger partial charge in [0.25, 0.3) is 23.2 Å². The molecule has 14 heteroatoms. The zero-order valence-corrected chi connectivity index (χ0v) is 20.3. The molecule has 36 heavy (non-hydrogen) atoms. The quantitative estimate of drug-likeness (QED) is 0.226. The summed E-state index contributed by atoms with van der Waals surface area (Å²) in [5.74, 6) is -2.34. The molecule has 0 bridgehead atoms. The molecular weight excluding hydrogens is 516 g/mol. The minimum absolute atomic E-state index is 0.0187. The summed E-state index contributed by atoms with van der Waals surface area (Å²) in [4.78, 5) is 59.1. The zero-order valence-electron chi connectivity index (χ0n) is 18.7. The number of carbonyl (C=O) groups excluding carboxylic acids is 3. The number of carbonyl (C=O) groups is 3. The lowest BCUT2D eigenvalue weighted by atomic mass is 10.1. The van der Waals surface area contributed by atoms with Gasteiger partial charge in [-0.05, 0) is 43.7 Å². The third-order valence-electron chi connectivity index (χ3n) is 4.75. The van der Waals surface area contributed by atoms with Crippen LogP contribution in [0.2, 0.25) is 5.02 Å². The third-order valence-corrected chi connectivity index (χ3v) is 6.21. The van der Waals surface area contributed by atoms with Gasteiger partial charge in [-0.2, -0.15) is 0 Å². The van der Waals surface area contributed by atoms with Gasteiger partial charge in [0.1, 0.15) is 5.00 Å². The molecule has 2 N–H and O–H groups in total. The van der Waals surface area contributed by atoms with Crippen LogP contribution in [-0.4, -0.2) is 34.2 Å². The number of anilines is 2. The maximum atomic E-state index is 12.9. The van der Waals surface area contributed by atoms with Gasteiger partial charge in [0, 0.05) is 22.8 Å². The van der Waals surface area contributed by atoms with E-state index in [-0.39, 0.29) is 33.2 Å². The Hall–Kier alpha value is -4.36. The first-order valence-corrected chi connectivity index (χ1v) is 11.3. The summed E-state index contributed by atoms with van der Waals surface area (Å²) in [5.41, 5.74) is -1.13. The topological polar surface area (TPSA) is 171 Å². The van der Waals surface area contributed by atoms with Gasteiger partial charge in [0.2, 0.25) is 0 Å². The molecule has 0 spiro atoms. The molecule has 186 valence electrons. The molecule has 2 aromatic carbocycles. The number of nitro benzene ring substituents is 2. The lowest BCUT2D eigenvalue weighted by Gasteiger charge is -2.07. The Labute approximate surface area is 212 Å². The second kappa shape index (κ2) is 10.9. The Kier molecular flexibility index (Phi) is 7.96. The molecule has 0 aliphatic rings. The molecular formula is C22H17ClN4O8S. The number of ether oxygens (including phenoxy) is 1. The fourth-order valence-electron chi connectivity index (χ4n) is 3.10. The summed E-state index contributed by atoms with van der Waals surface area (Å²) in [7, 11) is 0. The highest BCUT2D eigenvalue weighted by atomic mass is 35.5. The van der Waals surface area contributed by atoms with Crippen LogP contribution in [0.1, 0.15) is 42.9 Å². The number of benzene rings is 2. The zero-order chi connectivity index (χ0) is 26.6. The average molecular weight is 533 g/mol. The van der Waals surface area contributed by atoms with Crippen molar-refractivity contribution < 1.29 is 29.0 Å². The van der Waals surface area contributed by atoms with Gasteiger partial charge in [-0.15, -0.1) is 11.3 Å². The van der Waals surface area contributed by atoms with Gasteiger partial charge < -0.3 is 15.4 Å². The normalized spacial score (nSPS) is 10.4. The fourth-order valence-corrected chi connectivity index (χ4v) is 4.31. The largest absolute Gasteiger partial charge is 0.462 e. The van der Waals surface area contributed by atoms with E-state index in [2.05, 4.69) is 10.6 Å². The second-order valence-corrected chi connectivity index (χ2v) is 8.61. The van der Waals surface area contributed by atoms with E-state index in [1.165, 1.54) is 6.92 Å². The van der Waals surface area contributed by atoms with Crippen LogP contribution in [0.5, 0.6) is 0 Å². The van der Waals surface area contributed by atoms with Crippen LogP contribution >= 0.6 is 22.9 Å². The van der Waals surface area contributed by atoms with Crippen molar-refractivity contribution in [1.82, 2.24) is 0 Å². The molecule has 0 aliphatic heterocycles. The van der Waals surface area contributed by atoms with Crippen molar-refractivity contribution in [3.8, 4) is 0 Å². The van der Waals surface area contributed by atoms with E-state index < -0.39 is 39.0 Å². The van der Waals surface area contributed by atoms with Crippen molar-refractivity contribution in [1.29, 1.82) is 0 Å². The molecule has 0 unspecified atom stereocenters. The van der Waals surface area contributed by atoms with Crippen LogP contribution in [0.4, 0.5) is 22.1 Å². The number of nitrogens with zero attached hydrogens (tertiary/aromatic N) is 2. The van der Waals surface area contributed by atoms with E-state index >= 15 is 0 Å². The summed E-state index contributed by atoms with van der Waals surface area (Å²) in [6.07, 6.45) is 0. The number of hydrogen-bond acceptors (Lipinski definition) is 9. The van der Waals surface area contributed by atoms with Crippen molar-refractivity contribution in [2.45, 2.75) is 13.8 Å². The predicted molar refractivity (Wildman–Crippen MR) is 132 cm³/mol. The minimum atomic E-state index is -0.960. The standard InChI is InChI=1S/C22H17ClN4O8S/c1-3-35-22(30)17-11(2)18(20(29)24-14-6-4-13(23)5-7-14)36-21(17)25-19(28)12-8-15(26(31)32)10-16(9-12)27(33)34/h4-10H,3H2,1-2H3,(H,24,29)(H,25,28). The first-order chi connectivity index (χ1) is 17.0. The molecule has 2 amide bonds. The molecule has 12 nitrogen and oxygen atoms in total. The fraction of sp³-hybridized carbons (Fsp3) is 0.136. The van der Waals surface area contributed by atoms with Crippen molar-refractivity contribution >= 4 is 62.8 Å². The van der Waals surface area contributed by atoms with E-state index in [1.54, 1.807) is 31.2 Å². The lowest BCUT2D eigenvalue weighted by molar-refractivity contribution is -0.394. The molecule has 3 aromatic rings. The summed E-state index contributed by atoms with van der Waals surface area (Å²) in [6, 6.07) is 8.75. The van der Waals surface area contributed by atoms with Gasteiger partial charge in [-0.1, -0.05) is 11.6 Å². The monoisotopic (exact) mass is 532 g/mol. The van der Waals surface area contributed by atoms with Crippen LogP contribution in [0.3, 0.4) is 0 Å². The third kappa shape index (κ3) is 5.82. The van der Waals surface area contributed by atoms with E-state index in [1.807, 2.05) is 0 Å². The van der Waals surface area contributed by atoms with Crippen LogP contribution < -0.4 is 10.6 Å². The molecule has 0 saturated heterocycles. The summed E-state index contributed by atoms with van der Waals surface area (Å²) in [5, 5.41) is 27.8. The van der Waals surface area contributed by atoms with E-state index in [4.69, 9.17) is 16.3 Å². The number of rotatable bonds is 8. The lowest BCUT2D eigenvalue weighted by Crippen LogP contribution is -2.15. The van der Waals surface area contributed by atoms with Gasteiger partial charge in [-0.3, -0.25) is 29.8 Å². The highest BCUT2D eigenvalue weighted by Gasteiger charge is 2.28. The molecule has 1 aromatic heterocycles.